The molecule has 2 heterocycles. The van der Waals surface area contributed by atoms with Gasteiger partial charge in [0.05, 0.1) is 11.6 Å². The highest BCUT2D eigenvalue weighted by atomic mass is 35.5. The van der Waals surface area contributed by atoms with Crippen LogP contribution >= 0.6 is 11.6 Å². The number of carboxylic acids is 1. The van der Waals surface area contributed by atoms with Crippen molar-refractivity contribution in [3.05, 3.63) is 23.2 Å². The predicted octanol–water partition coefficient (Wildman–Crippen LogP) is 0.958. The number of hydrogen-bond donors (Lipinski definition) is 2. The number of carbonyl (C=O) groups excluding carboxylic acids is 1. The van der Waals surface area contributed by atoms with Gasteiger partial charge in [-0.15, -0.1) is 10.2 Å². The average molecular weight is 308 g/mol. The van der Waals surface area contributed by atoms with E-state index in [9.17, 15) is 9.59 Å². The number of aromatic amines is 1. The van der Waals surface area contributed by atoms with Crippen LogP contribution in [0.3, 0.4) is 0 Å². The maximum absolute atomic E-state index is 12.1. The van der Waals surface area contributed by atoms with Gasteiger partial charge in [-0.25, -0.2) is 0 Å². The van der Waals surface area contributed by atoms with E-state index < -0.39 is 11.9 Å². The number of tetrazole rings is 1. The molecule has 0 aliphatic carbocycles. The van der Waals surface area contributed by atoms with Crippen LogP contribution in [0.2, 0.25) is 5.02 Å². The van der Waals surface area contributed by atoms with Crippen LogP contribution < -0.4 is 4.90 Å². The maximum Gasteiger partial charge on any atom is 0.308 e. The molecule has 1 aliphatic heterocycles. The van der Waals surface area contributed by atoms with Crippen molar-refractivity contribution < 1.29 is 14.7 Å². The Labute approximate surface area is 123 Å². The third-order valence-corrected chi connectivity index (χ3v) is 3.55. The number of aromatic nitrogens is 4. The van der Waals surface area contributed by atoms with Gasteiger partial charge in [-0.1, -0.05) is 11.6 Å². The van der Waals surface area contributed by atoms with Crippen LogP contribution in [-0.4, -0.2) is 44.2 Å². The second-order valence-corrected chi connectivity index (χ2v) is 5.08. The van der Waals surface area contributed by atoms with Crippen LogP contribution in [0.1, 0.15) is 6.42 Å². The van der Waals surface area contributed by atoms with E-state index in [0.29, 0.717) is 22.1 Å². The van der Waals surface area contributed by atoms with Crippen molar-refractivity contribution in [1.29, 1.82) is 0 Å². The first-order chi connectivity index (χ1) is 10.1. The minimum Gasteiger partial charge on any atom is -0.481 e. The first-order valence-electron chi connectivity index (χ1n) is 6.13. The highest BCUT2D eigenvalue weighted by molar-refractivity contribution is 6.31. The lowest BCUT2D eigenvalue weighted by atomic mass is 10.1. The van der Waals surface area contributed by atoms with Crippen LogP contribution in [0.25, 0.3) is 11.4 Å². The number of nitrogens with one attached hydrogen (secondary N) is 1. The minimum atomic E-state index is -0.992. The second-order valence-electron chi connectivity index (χ2n) is 4.64. The fourth-order valence-electron chi connectivity index (χ4n) is 2.30. The lowest BCUT2D eigenvalue weighted by Crippen LogP contribution is -2.26. The summed E-state index contributed by atoms with van der Waals surface area (Å²) in [6.07, 6.45) is -0.0342. The number of rotatable bonds is 3. The average Bonchev–Trinajstić information content (AvgIpc) is 3.07. The summed E-state index contributed by atoms with van der Waals surface area (Å²) in [7, 11) is 0. The highest BCUT2D eigenvalue weighted by Crippen LogP contribution is 2.34. The molecule has 3 rings (SSSR count). The number of aliphatic carboxylic acids is 1. The number of H-pyrrole nitrogens is 1. The Balaban J connectivity index is 2.04. The number of nitrogens with zero attached hydrogens (tertiary/aromatic N) is 4. The molecule has 108 valence electrons. The van der Waals surface area contributed by atoms with Crippen molar-refractivity contribution in [2.45, 2.75) is 6.42 Å². The topological polar surface area (TPSA) is 112 Å². The van der Waals surface area contributed by atoms with Gasteiger partial charge in [0.2, 0.25) is 11.7 Å². The SMILES string of the molecule is O=C(O)C1CC(=O)N(c2cc(Cl)ccc2-c2nn[nH]n2)C1. The van der Waals surface area contributed by atoms with Crippen LogP contribution in [0, 0.1) is 5.92 Å². The van der Waals surface area contributed by atoms with Gasteiger partial charge in [0, 0.05) is 23.6 Å². The lowest BCUT2D eigenvalue weighted by molar-refractivity contribution is -0.141. The molecule has 8 nitrogen and oxygen atoms in total. The number of carboxylic acid groups (broad SMARTS) is 1. The van der Waals surface area contributed by atoms with Gasteiger partial charge >= 0.3 is 5.97 Å². The number of carbonyl (C=O) groups is 2. The third-order valence-electron chi connectivity index (χ3n) is 3.31. The van der Waals surface area contributed by atoms with Crippen molar-refractivity contribution in [2.75, 3.05) is 11.4 Å². The van der Waals surface area contributed by atoms with E-state index in [0.717, 1.165) is 0 Å². The molecule has 1 unspecified atom stereocenters. The van der Waals surface area contributed by atoms with E-state index in [1.807, 2.05) is 0 Å². The zero-order chi connectivity index (χ0) is 15.0. The zero-order valence-corrected chi connectivity index (χ0v) is 11.4. The molecule has 1 aromatic heterocycles. The van der Waals surface area contributed by atoms with E-state index in [2.05, 4.69) is 20.6 Å². The summed E-state index contributed by atoms with van der Waals surface area (Å²) in [6.45, 7) is 0.0966. The zero-order valence-electron chi connectivity index (χ0n) is 10.7. The van der Waals surface area contributed by atoms with E-state index >= 15 is 0 Å². The Bertz CT molecular complexity index is 703. The van der Waals surface area contributed by atoms with Crippen molar-refractivity contribution in [3.8, 4) is 11.4 Å². The molecule has 2 N–H and O–H groups in total. The molecule has 1 fully saturated rings. The summed E-state index contributed by atoms with van der Waals surface area (Å²) in [4.78, 5) is 24.5. The quantitative estimate of drug-likeness (QED) is 0.873. The molecule has 1 amide bonds. The molecule has 21 heavy (non-hydrogen) atoms. The Hall–Kier alpha value is -2.48. The largest absolute Gasteiger partial charge is 0.481 e. The number of hydrogen-bond acceptors (Lipinski definition) is 5. The molecule has 0 bridgehead atoms. The maximum atomic E-state index is 12.1. The van der Waals surface area contributed by atoms with E-state index in [4.69, 9.17) is 16.7 Å². The standard InChI is InChI=1S/C12H10ClN5O3/c13-7-1-2-8(11-14-16-17-15-11)9(4-7)18-5-6(12(20)21)3-10(18)19/h1-2,4,6H,3,5H2,(H,20,21)(H,14,15,16,17). The van der Waals surface area contributed by atoms with Gasteiger partial charge in [-0.3, -0.25) is 9.59 Å². The third kappa shape index (κ3) is 2.45. The summed E-state index contributed by atoms with van der Waals surface area (Å²) in [5.74, 6) is -1.67. The lowest BCUT2D eigenvalue weighted by Gasteiger charge is -2.19. The smallest absolute Gasteiger partial charge is 0.308 e. The monoisotopic (exact) mass is 307 g/mol. The molecule has 1 atom stereocenters. The van der Waals surface area contributed by atoms with Gasteiger partial charge in [0.25, 0.3) is 0 Å². The number of halogens is 1. The molecule has 0 saturated carbocycles. The summed E-state index contributed by atoms with van der Waals surface area (Å²) in [6, 6.07) is 4.91. The van der Waals surface area contributed by atoms with Gasteiger partial charge in [0.1, 0.15) is 0 Å². The van der Waals surface area contributed by atoms with Gasteiger partial charge in [-0.05, 0) is 23.4 Å². The van der Waals surface area contributed by atoms with Gasteiger partial charge < -0.3 is 10.0 Å². The van der Waals surface area contributed by atoms with Crippen LogP contribution in [0.4, 0.5) is 5.69 Å². The summed E-state index contributed by atoms with van der Waals surface area (Å²) >= 11 is 5.98. The Morgan fingerprint density at radius 1 is 1.48 bits per heavy atom. The molecule has 1 aromatic carbocycles. The molecule has 0 spiro atoms. The van der Waals surface area contributed by atoms with Gasteiger partial charge in [-0.2, -0.15) is 5.21 Å². The van der Waals surface area contributed by atoms with Crippen molar-refractivity contribution >= 4 is 29.2 Å². The van der Waals surface area contributed by atoms with Gasteiger partial charge in [0.15, 0.2) is 0 Å². The second kappa shape index (κ2) is 5.13. The number of amides is 1. The van der Waals surface area contributed by atoms with Crippen LogP contribution in [0.5, 0.6) is 0 Å². The molecule has 0 radical (unpaired) electrons. The highest BCUT2D eigenvalue weighted by Gasteiger charge is 2.36. The predicted molar refractivity (Wildman–Crippen MR) is 72.7 cm³/mol. The van der Waals surface area contributed by atoms with Crippen LogP contribution in [-0.2, 0) is 9.59 Å². The van der Waals surface area contributed by atoms with E-state index in [1.165, 1.54) is 4.90 Å². The number of benzene rings is 1. The molecular weight excluding hydrogens is 298 g/mol. The Morgan fingerprint density at radius 3 is 2.90 bits per heavy atom. The minimum absolute atomic E-state index is 0.0342. The first kappa shape index (κ1) is 13.5. The fraction of sp³-hybridized carbons (Fsp3) is 0.250. The van der Waals surface area contributed by atoms with Crippen molar-refractivity contribution in [2.24, 2.45) is 5.92 Å². The summed E-state index contributed by atoms with van der Waals surface area (Å²) in [5, 5.41) is 23.1. The summed E-state index contributed by atoms with van der Waals surface area (Å²) < 4.78 is 0. The summed E-state index contributed by atoms with van der Waals surface area (Å²) in [5.41, 5.74) is 1.05. The van der Waals surface area contributed by atoms with E-state index in [-0.39, 0.29) is 18.9 Å². The Kier molecular flexibility index (Phi) is 3.30. The van der Waals surface area contributed by atoms with Crippen molar-refractivity contribution in [1.82, 2.24) is 20.6 Å². The normalized spacial score (nSPS) is 18.2. The van der Waals surface area contributed by atoms with Crippen LogP contribution in [0.15, 0.2) is 18.2 Å². The molecule has 1 aliphatic rings. The molecule has 1 saturated heterocycles. The first-order valence-corrected chi connectivity index (χ1v) is 6.50. The fourth-order valence-corrected chi connectivity index (χ4v) is 2.47. The Morgan fingerprint density at radius 2 is 2.29 bits per heavy atom. The molecule has 9 heteroatoms. The molecular formula is C12H10ClN5O3. The van der Waals surface area contributed by atoms with E-state index in [1.54, 1.807) is 18.2 Å². The number of anilines is 1. The molecule has 2 aromatic rings. The van der Waals surface area contributed by atoms with Crippen molar-refractivity contribution in [3.63, 3.8) is 0 Å².